The summed E-state index contributed by atoms with van der Waals surface area (Å²) < 4.78 is 5.44. The molecule has 2 aromatic rings. The smallest absolute Gasteiger partial charge is 0.315 e. The molecule has 0 radical (unpaired) electrons. The van der Waals surface area contributed by atoms with Crippen molar-refractivity contribution in [3.63, 3.8) is 0 Å². The van der Waals surface area contributed by atoms with E-state index >= 15 is 0 Å². The van der Waals surface area contributed by atoms with E-state index in [9.17, 15) is 9.59 Å². The van der Waals surface area contributed by atoms with Crippen molar-refractivity contribution in [1.82, 2.24) is 15.5 Å². The van der Waals surface area contributed by atoms with Crippen LogP contribution in [0.3, 0.4) is 0 Å². The molecule has 2 saturated heterocycles. The fraction of sp³-hybridized carbons (Fsp3) is 0.417. The molecule has 0 bridgehead atoms. The molecule has 7 nitrogen and oxygen atoms in total. The van der Waals surface area contributed by atoms with Gasteiger partial charge in [-0.15, -0.1) is 0 Å². The van der Waals surface area contributed by atoms with Gasteiger partial charge in [0.1, 0.15) is 0 Å². The summed E-state index contributed by atoms with van der Waals surface area (Å²) in [5.41, 5.74) is 3.00. The van der Waals surface area contributed by atoms with E-state index in [0.717, 1.165) is 62.6 Å². The summed E-state index contributed by atoms with van der Waals surface area (Å²) in [5.74, 6) is 0.178. The Morgan fingerprint density at radius 2 is 1.74 bits per heavy atom. The molecule has 2 N–H and O–H groups in total. The van der Waals surface area contributed by atoms with E-state index < -0.39 is 0 Å². The lowest BCUT2D eigenvalue weighted by atomic mass is 10.1. The average molecular weight is 423 g/mol. The highest BCUT2D eigenvalue weighted by molar-refractivity contribution is 5.95. The van der Waals surface area contributed by atoms with Gasteiger partial charge in [-0.25, -0.2) is 4.79 Å². The highest BCUT2D eigenvalue weighted by Crippen LogP contribution is 2.21. The Labute approximate surface area is 183 Å². The van der Waals surface area contributed by atoms with Crippen LogP contribution in [0.5, 0.6) is 0 Å². The zero-order chi connectivity index (χ0) is 21.5. The number of rotatable bonds is 7. The molecule has 1 atom stereocenters. The van der Waals surface area contributed by atoms with Crippen LogP contribution in [0.15, 0.2) is 54.6 Å². The number of carbonyl (C=O) groups excluding carboxylic acids is 2. The Morgan fingerprint density at radius 3 is 2.42 bits per heavy atom. The number of hydrogen-bond acceptors (Lipinski definition) is 4. The molecular weight excluding hydrogens is 392 g/mol. The molecule has 31 heavy (non-hydrogen) atoms. The maximum Gasteiger partial charge on any atom is 0.315 e. The Morgan fingerprint density at radius 1 is 1.00 bits per heavy atom. The number of hydrogen-bond donors (Lipinski definition) is 2. The van der Waals surface area contributed by atoms with E-state index in [1.54, 1.807) is 0 Å². The summed E-state index contributed by atoms with van der Waals surface area (Å²) in [6.45, 7) is 5.16. The summed E-state index contributed by atoms with van der Waals surface area (Å²) in [6.07, 6.45) is 1.53. The summed E-state index contributed by atoms with van der Waals surface area (Å²) >= 11 is 0. The molecule has 2 aliphatic rings. The lowest BCUT2D eigenvalue weighted by Crippen LogP contribution is -2.45. The van der Waals surface area contributed by atoms with E-state index in [0.29, 0.717) is 13.0 Å². The van der Waals surface area contributed by atoms with E-state index in [2.05, 4.69) is 15.5 Å². The third-order valence-corrected chi connectivity index (χ3v) is 5.83. The molecular formula is C24H30N4O3. The zero-order valence-electron chi connectivity index (χ0n) is 17.8. The molecule has 0 saturated carbocycles. The van der Waals surface area contributed by atoms with Gasteiger partial charge in [-0.2, -0.15) is 0 Å². The minimum absolute atomic E-state index is 0.0946. The molecule has 4 rings (SSSR count). The first kappa shape index (κ1) is 21.3. The van der Waals surface area contributed by atoms with Crippen LogP contribution in [0.25, 0.3) is 0 Å². The molecule has 0 spiro atoms. The number of nitrogens with one attached hydrogen (secondary N) is 2. The van der Waals surface area contributed by atoms with Crippen LogP contribution in [0.1, 0.15) is 30.0 Å². The van der Waals surface area contributed by atoms with Crippen molar-refractivity contribution in [3.8, 4) is 0 Å². The van der Waals surface area contributed by atoms with E-state index in [1.807, 2.05) is 59.5 Å². The van der Waals surface area contributed by atoms with Crippen molar-refractivity contribution in [2.75, 3.05) is 44.3 Å². The SMILES string of the molecule is O=C(NCc1ccc(N2CCCC2=O)cc1)N[C@@H](CN1CCOCC1)c1ccccc1. The summed E-state index contributed by atoms with van der Waals surface area (Å²) in [7, 11) is 0. The Kier molecular flexibility index (Phi) is 7.17. The summed E-state index contributed by atoms with van der Waals surface area (Å²) in [5, 5.41) is 6.09. The van der Waals surface area contributed by atoms with Crippen molar-refractivity contribution in [3.05, 3.63) is 65.7 Å². The average Bonchev–Trinajstić information content (AvgIpc) is 3.25. The zero-order valence-corrected chi connectivity index (χ0v) is 17.8. The normalized spacial score (nSPS) is 18.1. The van der Waals surface area contributed by atoms with E-state index in [4.69, 9.17) is 4.74 Å². The molecule has 2 aromatic carbocycles. The second-order valence-corrected chi connectivity index (χ2v) is 8.02. The molecule has 7 heteroatoms. The van der Waals surface area contributed by atoms with Crippen LogP contribution in [0, 0.1) is 0 Å². The second-order valence-electron chi connectivity index (χ2n) is 8.02. The molecule has 3 amide bonds. The number of ether oxygens (including phenoxy) is 1. The third-order valence-electron chi connectivity index (χ3n) is 5.83. The van der Waals surface area contributed by atoms with Gasteiger partial charge in [-0.3, -0.25) is 9.69 Å². The van der Waals surface area contributed by atoms with Crippen molar-refractivity contribution in [2.45, 2.75) is 25.4 Å². The quantitative estimate of drug-likeness (QED) is 0.720. The third kappa shape index (κ3) is 5.83. The first-order chi connectivity index (χ1) is 15.2. The van der Waals surface area contributed by atoms with Crippen LogP contribution in [0.2, 0.25) is 0 Å². The molecule has 0 unspecified atom stereocenters. The van der Waals surface area contributed by atoms with Crippen molar-refractivity contribution in [2.24, 2.45) is 0 Å². The fourth-order valence-electron chi connectivity index (χ4n) is 4.07. The maximum absolute atomic E-state index is 12.6. The van der Waals surface area contributed by atoms with Crippen LogP contribution >= 0.6 is 0 Å². The minimum atomic E-state index is -0.194. The first-order valence-corrected chi connectivity index (χ1v) is 11.0. The largest absolute Gasteiger partial charge is 0.379 e. The van der Waals surface area contributed by atoms with Gasteiger partial charge < -0.3 is 20.3 Å². The van der Waals surface area contributed by atoms with Crippen molar-refractivity contribution in [1.29, 1.82) is 0 Å². The van der Waals surface area contributed by atoms with Gasteiger partial charge in [-0.05, 0) is 29.7 Å². The molecule has 2 aliphatic heterocycles. The van der Waals surface area contributed by atoms with Crippen molar-refractivity contribution < 1.29 is 14.3 Å². The fourth-order valence-corrected chi connectivity index (χ4v) is 4.07. The van der Waals surface area contributed by atoms with Gasteiger partial charge >= 0.3 is 6.03 Å². The molecule has 0 aliphatic carbocycles. The summed E-state index contributed by atoms with van der Waals surface area (Å²) in [4.78, 5) is 28.7. The van der Waals surface area contributed by atoms with Gasteiger partial charge in [0.15, 0.2) is 0 Å². The van der Waals surface area contributed by atoms with E-state index in [-0.39, 0.29) is 18.0 Å². The van der Waals surface area contributed by atoms with Crippen LogP contribution in [-0.4, -0.2) is 56.2 Å². The predicted octanol–water partition coefficient (Wildman–Crippen LogP) is 2.69. The molecule has 2 heterocycles. The van der Waals surface area contributed by atoms with Crippen LogP contribution < -0.4 is 15.5 Å². The van der Waals surface area contributed by atoms with Crippen LogP contribution in [0.4, 0.5) is 10.5 Å². The van der Waals surface area contributed by atoms with Crippen molar-refractivity contribution >= 4 is 17.6 Å². The first-order valence-electron chi connectivity index (χ1n) is 11.0. The van der Waals surface area contributed by atoms with Gasteiger partial charge in [0.2, 0.25) is 5.91 Å². The number of morpholine rings is 1. The standard InChI is InChI=1S/C24H30N4O3/c29-23-7-4-12-28(23)21-10-8-19(9-11-21)17-25-24(30)26-22(20-5-2-1-3-6-20)18-27-13-15-31-16-14-27/h1-3,5-6,8-11,22H,4,7,12-18H2,(H2,25,26,30)/t22-/m0/s1. The van der Waals surface area contributed by atoms with Gasteiger partial charge in [-0.1, -0.05) is 42.5 Å². The Balaban J connectivity index is 1.32. The highest BCUT2D eigenvalue weighted by atomic mass is 16.5. The predicted molar refractivity (Wildman–Crippen MR) is 120 cm³/mol. The lowest BCUT2D eigenvalue weighted by molar-refractivity contribution is -0.117. The number of amides is 3. The highest BCUT2D eigenvalue weighted by Gasteiger charge is 2.22. The Bertz CT molecular complexity index is 866. The van der Waals surface area contributed by atoms with E-state index in [1.165, 1.54) is 0 Å². The molecule has 2 fully saturated rings. The number of anilines is 1. The van der Waals surface area contributed by atoms with Gasteiger partial charge in [0.05, 0.1) is 19.3 Å². The Hall–Kier alpha value is -2.90. The topological polar surface area (TPSA) is 73.9 Å². The maximum atomic E-state index is 12.6. The second kappa shape index (κ2) is 10.4. The number of nitrogens with zero attached hydrogens (tertiary/aromatic N) is 2. The molecule has 164 valence electrons. The number of urea groups is 1. The lowest BCUT2D eigenvalue weighted by Gasteiger charge is -2.31. The number of carbonyl (C=O) groups is 2. The summed E-state index contributed by atoms with van der Waals surface area (Å²) in [6, 6.07) is 17.6. The minimum Gasteiger partial charge on any atom is -0.379 e. The monoisotopic (exact) mass is 422 g/mol. The molecule has 0 aromatic heterocycles. The van der Waals surface area contributed by atoms with Gasteiger partial charge in [0.25, 0.3) is 0 Å². The number of benzene rings is 2. The van der Waals surface area contributed by atoms with Crippen LogP contribution in [-0.2, 0) is 16.1 Å². The van der Waals surface area contributed by atoms with Gasteiger partial charge in [0, 0.05) is 44.8 Å².